The number of ether oxygens (including phenoxy) is 1. The van der Waals surface area contributed by atoms with Gasteiger partial charge in [-0.3, -0.25) is 9.78 Å². The van der Waals surface area contributed by atoms with Crippen LogP contribution in [-0.2, 0) is 21.6 Å². The highest BCUT2D eigenvalue weighted by atomic mass is 19.1. The van der Waals surface area contributed by atoms with E-state index in [4.69, 9.17) is 9.72 Å². The molecule has 6 rings (SSSR count). The van der Waals surface area contributed by atoms with Crippen molar-refractivity contribution in [2.24, 2.45) is 0 Å². The van der Waals surface area contributed by atoms with Crippen LogP contribution in [0.15, 0.2) is 91.3 Å². The van der Waals surface area contributed by atoms with Gasteiger partial charge in [0.25, 0.3) is 11.5 Å². The molecular formula is C30H22F2N4O3. The Morgan fingerprint density at radius 1 is 0.923 bits per heavy atom. The quantitative estimate of drug-likeness (QED) is 0.291. The van der Waals surface area contributed by atoms with Gasteiger partial charge >= 0.3 is 6.09 Å². The summed E-state index contributed by atoms with van der Waals surface area (Å²) in [5.74, 6) is -1.30. The predicted octanol–water partition coefficient (Wildman–Crippen LogP) is 6.08. The fourth-order valence-corrected chi connectivity index (χ4v) is 4.92. The number of hydrogen-bond donors (Lipinski definition) is 1. The van der Waals surface area contributed by atoms with Crippen LogP contribution in [-0.4, -0.2) is 31.9 Å². The maximum absolute atomic E-state index is 14.1. The molecule has 1 saturated heterocycles. The summed E-state index contributed by atoms with van der Waals surface area (Å²) in [4.78, 5) is 40.2. The molecule has 7 nitrogen and oxygen atoms in total. The number of pyridine rings is 1. The molecular weight excluding hydrogens is 502 g/mol. The summed E-state index contributed by atoms with van der Waals surface area (Å²) in [6, 6.07) is 20.8. The van der Waals surface area contributed by atoms with Crippen LogP contribution in [0, 0.1) is 11.6 Å². The highest BCUT2D eigenvalue weighted by molar-refractivity contribution is 6.04. The Balaban J connectivity index is 1.44. The van der Waals surface area contributed by atoms with Crippen LogP contribution in [0.1, 0.15) is 29.9 Å². The first-order chi connectivity index (χ1) is 18.8. The number of fused-ring (bicyclic) bond motifs is 1. The first-order valence-electron chi connectivity index (χ1n) is 12.3. The Hall–Kier alpha value is -4.92. The van der Waals surface area contributed by atoms with Gasteiger partial charge in [0, 0.05) is 18.2 Å². The molecule has 0 radical (unpaired) electrons. The second-order valence-electron chi connectivity index (χ2n) is 9.47. The molecule has 0 bridgehead atoms. The molecule has 2 atom stereocenters. The van der Waals surface area contributed by atoms with Crippen LogP contribution in [0.3, 0.4) is 0 Å². The highest BCUT2D eigenvalue weighted by Gasteiger charge is 2.58. The van der Waals surface area contributed by atoms with Gasteiger partial charge in [-0.2, -0.15) is 0 Å². The van der Waals surface area contributed by atoms with E-state index in [-0.39, 0.29) is 12.2 Å². The van der Waals surface area contributed by atoms with Crippen LogP contribution in [0.25, 0.3) is 22.2 Å². The van der Waals surface area contributed by atoms with E-state index in [1.165, 1.54) is 30.3 Å². The van der Waals surface area contributed by atoms with Crippen molar-refractivity contribution in [1.29, 1.82) is 0 Å². The topological polar surface area (TPSA) is 88.2 Å². The number of carbonyl (C=O) groups excluding carboxylic acids is 2. The number of benzene rings is 3. The number of rotatable bonds is 6. The number of cyclic esters (lactones) is 1. The summed E-state index contributed by atoms with van der Waals surface area (Å²) in [5.41, 5.74) is 1.96. The van der Waals surface area contributed by atoms with Crippen LogP contribution in [0.4, 0.5) is 13.6 Å². The normalized spacial score (nSPS) is 18.0. The van der Waals surface area contributed by atoms with Gasteiger partial charge < -0.3 is 9.72 Å². The van der Waals surface area contributed by atoms with E-state index in [0.717, 1.165) is 16.7 Å². The largest absolute Gasteiger partial charge is 0.424 e. The third-order valence-corrected chi connectivity index (χ3v) is 6.96. The second kappa shape index (κ2) is 9.43. The molecule has 0 spiro atoms. The standard InChI is InChI=1S/C30H22F2N4O3/c1-18(20-7-10-23(31)11-8-20)36-28(37)30(39-29(36)38,15-19-5-3-2-4-6-19)27-34-25-12-9-21(14-26(25)35-27)22-13-24(32)17-33-16-22/h2-14,16-18H,15H2,1H3,(H,34,35)/t18-,30-/m1/s1. The van der Waals surface area contributed by atoms with Crippen LogP contribution in [0.2, 0.25) is 0 Å². The first-order valence-corrected chi connectivity index (χ1v) is 12.3. The van der Waals surface area contributed by atoms with E-state index in [0.29, 0.717) is 27.7 Å². The number of carbonyl (C=O) groups is 2. The Morgan fingerprint density at radius 2 is 1.69 bits per heavy atom. The predicted molar refractivity (Wildman–Crippen MR) is 139 cm³/mol. The monoisotopic (exact) mass is 524 g/mol. The summed E-state index contributed by atoms with van der Waals surface area (Å²) in [7, 11) is 0. The smallest absolute Gasteiger partial charge is 0.418 e. The third kappa shape index (κ3) is 4.31. The number of aromatic amines is 1. The van der Waals surface area contributed by atoms with Crippen molar-refractivity contribution in [2.45, 2.75) is 25.0 Å². The molecule has 3 heterocycles. The molecule has 2 amide bonds. The zero-order chi connectivity index (χ0) is 27.1. The zero-order valence-corrected chi connectivity index (χ0v) is 20.8. The number of halogens is 2. The molecule has 194 valence electrons. The lowest BCUT2D eigenvalue weighted by molar-refractivity contribution is -0.139. The summed E-state index contributed by atoms with van der Waals surface area (Å²) >= 11 is 0. The van der Waals surface area contributed by atoms with Crippen molar-refractivity contribution in [3.63, 3.8) is 0 Å². The van der Waals surface area contributed by atoms with E-state index in [1.807, 2.05) is 30.3 Å². The third-order valence-electron chi connectivity index (χ3n) is 6.96. The fourth-order valence-electron chi connectivity index (χ4n) is 4.92. The molecule has 2 aromatic heterocycles. The number of imide groups is 1. The maximum atomic E-state index is 14.1. The van der Waals surface area contributed by atoms with E-state index in [1.54, 1.807) is 31.3 Å². The number of amides is 2. The lowest BCUT2D eigenvalue weighted by atomic mass is 9.92. The molecule has 1 aliphatic heterocycles. The van der Waals surface area contributed by atoms with Gasteiger partial charge in [0.15, 0.2) is 5.82 Å². The minimum Gasteiger partial charge on any atom is -0.424 e. The van der Waals surface area contributed by atoms with Crippen LogP contribution < -0.4 is 0 Å². The van der Waals surface area contributed by atoms with Crippen LogP contribution >= 0.6 is 0 Å². The second-order valence-corrected chi connectivity index (χ2v) is 9.47. The number of aromatic nitrogens is 3. The maximum Gasteiger partial charge on any atom is 0.418 e. The summed E-state index contributed by atoms with van der Waals surface area (Å²) in [5, 5.41) is 0. The lowest BCUT2D eigenvalue weighted by Crippen LogP contribution is -2.42. The van der Waals surface area contributed by atoms with Gasteiger partial charge in [-0.15, -0.1) is 0 Å². The Morgan fingerprint density at radius 3 is 2.44 bits per heavy atom. The number of H-pyrrole nitrogens is 1. The van der Waals surface area contributed by atoms with Gasteiger partial charge in [-0.25, -0.2) is 23.5 Å². The molecule has 39 heavy (non-hydrogen) atoms. The van der Waals surface area contributed by atoms with Gasteiger partial charge in [0.2, 0.25) is 0 Å². The molecule has 0 saturated carbocycles. The van der Waals surface area contributed by atoms with Crippen molar-refractivity contribution < 1.29 is 23.1 Å². The minimum atomic E-state index is -1.76. The Kier molecular flexibility index (Phi) is 5.91. The fraction of sp³-hybridized carbons (Fsp3) is 0.133. The zero-order valence-electron chi connectivity index (χ0n) is 20.8. The number of hydrogen-bond acceptors (Lipinski definition) is 5. The van der Waals surface area contributed by atoms with Crippen molar-refractivity contribution in [3.05, 3.63) is 120 Å². The van der Waals surface area contributed by atoms with E-state index < -0.39 is 35.3 Å². The van der Waals surface area contributed by atoms with E-state index >= 15 is 0 Å². The number of nitrogens with one attached hydrogen (secondary N) is 1. The van der Waals surface area contributed by atoms with Crippen molar-refractivity contribution >= 4 is 23.0 Å². The number of nitrogens with zero attached hydrogens (tertiary/aromatic N) is 3. The summed E-state index contributed by atoms with van der Waals surface area (Å²) < 4.78 is 33.2. The molecule has 1 aliphatic rings. The van der Waals surface area contributed by atoms with Crippen molar-refractivity contribution in [1.82, 2.24) is 19.9 Å². The Bertz CT molecular complexity index is 1700. The van der Waals surface area contributed by atoms with E-state index in [9.17, 15) is 18.4 Å². The average Bonchev–Trinajstić information content (AvgIpc) is 3.48. The van der Waals surface area contributed by atoms with Gasteiger partial charge in [-0.05, 0) is 53.9 Å². The molecule has 3 aromatic carbocycles. The highest BCUT2D eigenvalue weighted by Crippen LogP contribution is 2.41. The summed E-state index contributed by atoms with van der Waals surface area (Å²) in [6.45, 7) is 1.68. The van der Waals surface area contributed by atoms with Gasteiger partial charge in [-0.1, -0.05) is 48.5 Å². The lowest BCUT2D eigenvalue weighted by Gasteiger charge is -2.25. The molecule has 5 aromatic rings. The molecule has 9 heteroatoms. The summed E-state index contributed by atoms with van der Waals surface area (Å²) in [6.07, 6.45) is 1.90. The number of imidazole rings is 1. The molecule has 1 N–H and O–H groups in total. The van der Waals surface area contributed by atoms with Crippen molar-refractivity contribution in [2.75, 3.05) is 0 Å². The van der Waals surface area contributed by atoms with E-state index in [2.05, 4.69) is 9.97 Å². The van der Waals surface area contributed by atoms with Crippen molar-refractivity contribution in [3.8, 4) is 11.1 Å². The van der Waals surface area contributed by atoms with Gasteiger partial charge in [0.05, 0.1) is 23.3 Å². The van der Waals surface area contributed by atoms with Gasteiger partial charge in [0.1, 0.15) is 11.6 Å². The first kappa shape index (κ1) is 24.4. The Labute approximate surface area is 222 Å². The average molecular weight is 525 g/mol. The van der Waals surface area contributed by atoms with Crippen LogP contribution in [0.5, 0.6) is 0 Å². The molecule has 0 unspecified atom stereocenters. The SMILES string of the molecule is C[C@H](c1ccc(F)cc1)N1C(=O)O[C@](Cc2ccccc2)(c2nc3cc(-c4cncc(F)c4)ccc3[nH]2)C1=O. The molecule has 1 fully saturated rings. The minimum absolute atomic E-state index is 0.0472. The molecule has 0 aliphatic carbocycles.